The van der Waals surface area contributed by atoms with E-state index in [2.05, 4.69) is 73.3 Å². The number of aromatic nitrogens is 6. The minimum atomic E-state index is -0.603. The smallest absolute Gasteiger partial charge is 0.274 e. The molecule has 0 atom stereocenters. The summed E-state index contributed by atoms with van der Waals surface area (Å²) in [7, 11) is 0. The van der Waals surface area contributed by atoms with Gasteiger partial charge in [0.2, 0.25) is 0 Å². The number of carbonyl (C=O) groups excluding carboxylic acids is 4. The molecule has 0 radical (unpaired) electrons. The summed E-state index contributed by atoms with van der Waals surface area (Å²) >= 11 is 31.9. The van der Waals surface area contributed by atoms with E-state index in [9.17, 15) is 19.2 Å². The Labute approximate surface area is 355 Å². The van der Waals surface area contributed by atoms with Gasteiger partial charge in [-0.25, -0.2) is 19.3 Å². The fraction of sp³-hybridized carbons (Fsp3) is 0.111. The van der Waals surface area contributed by atoms with Crippen LogP contribution < -0.4 is 21.3 Å². The van der Waals surface area contributed by atoms with Crippen LogP contribution in [0.25, 0.3) is 11.6 Å². The van der Waals surface area contributed by atoms with E-state index in [0.717, 1.165) is 0 Å². The van der Waals surface area contributed by atoms with Crippen molar-refractivity contribution in [2.24, 2.45) is 0 Å². The van der Waals surface area contributed by atoms with Crippen molar-refractivity contribution in [1.82, 2.24) is 40.2 Å². The topological polar surface area (TPSA) is 178 Å². The summed E-state index contributed by atoms with van der Waals surface area (Å²) < 4.78 is 3.26. The van der Waals surface area contributed by atoms with Gasteiger partial charge in [-0.1, -0.05) is 46.4 Å². The van der Waals surface area contributed by atoms with Crippen LogP contribution in [0.1, 0.15) is 52.8 Å². The van der Waals surface area contributed by atoms with Crippen molar-refractivity contribution in [2.45, 2.75) is 13.8 Å². The monoisotopic (exact) mass is 960 g/mol. The Morgan fingerprint density at radius 1 is 0.607 bits per heavy atom. The molecule has 56 heavy (non-hydrogen) atoms. The predicted molar refractivity (Wildman–Crippen MR) is 221 cm³/mol. The zero-order chi connectivity index (χ0) is 40.3. The third-order valence-corrected chi connectivity index (χ3v) is 9.77. The highest BCUT2D eigenvalue weighted by Gasteiger charge is 2.25. The molecule has 0 bridgehead atoms. The number of halogens is 6. The van der Waals surface area contributed by atoms with Crippen LogP contribution in [0, 0.1) is 13.8 Å². The molecule has 14 nitrogen and oxygen atoms in total. The zero-order valence-corrected chi connectivity index (χ0v) is 35.1. The van der Waals surface area contributed by atoms with E-state index >= 15 is 0 Å². The van der Waals surface area contributed by atoms with Crippen LogP contribution in [0.5, 0.6) is 0 Å². The number of pyridine rings is 2. The van der Waals surface area contributed by atoms with Gasteiger partial charge in [0, 0.05) is 47.7 Å². The van der Waals surface area contributed by atoms with Gasteiger partial charge in [0.05, 0.1) is 32.5 Å². The molecule has 0 unspecified atom stereocenters. The number of carbonyl (C=O) groups is 4. The average molecular weight is 964 g/mol. The molecule has 0 spiro atoms. The second-order valence-electron chi connectivity index (χ2n) is 11.9. The maximum Gasteiger partial charge on any atom is 0.274 e. The van der Waals surface area contributed by atoms with Gasteiger partial charge in [-0.15, -0.1) is 0 Å². The van der Waals surface area contributed by atoms with Crippen LogP contribution in [0.2, 0.25) is 20.1 Å². The van der Waals surface area contributed by atoms with Crippen molar-refractivity contribution in [2.75, 3.05) is 23.7 Å². The van der Waals surface area contributed by atoms with E-state index in [-0.39, 0.29) is 78.7 Å². The van der Waals surface area contributed by atoms with E-state index in [1.165, 1.54) is 46.0 Å². The van der Waals surface area contributed by atoms with E-state index in [1.54, 1.807) is 50.2 Å². The molecule has 0 aliphatic rings. The first-order valence-corrected chi connectivity index (χ1v) is 19.3. The number of aryl methyl sites for hydroxylation is 2. The van der Waals surface area contributed by atoms with Crippen LogP contribution >= 0.6 is 78.3 Å². The molecule has 2 aromatic carbocycles. The van der Waals surface area contributed by atoms with Crippen molar-refractivity contribution in [3.8, 4) is 11.6 Å². The van der Waals surface area contributed by atoms with Crippen LogP contribution in [-0.2, 0) is 0 Å². The molecule has 4 aromatic heterocycles. The number of nitrogens with zero attached hydrogens (tertiary/aromatic N) is 6. The van der Waals surface area contributed by atoms with E-state index in [4.69, 9.17) is 46.4 Å². The highest BCUT2D eigenvalue weighted by molar-refractivity contribution is 9.10. The summed E-state index contributed by atoms with van der Waals surface area (Å²) in [4.78, 5) is 62.7. The van der Waals surface area contributed by atoms with Crippen molar-refractivity contribution in [1.29, 1.82) is 0 Å². The molecular formula is C36H26Br2Cl4N10O4. The number of hydrogen-bond donors (Lipinski definition) is 4. The molecule has 286 valence electrons. The van der Waals surface area contributed by atoms with E-state index < -0.39 is 23.6 Å². The van der Waals surface area contributed by atoms with E-state index in [1.807, 2.05) is 0 Å². The zero-order valence-electron chi connectivity index (χ0n) is 28.9. The lowest BCUT2D eigenvalue weighted by Crippen LogP contribution is -2.35. The molecule has 0 aliphatic carbocycles. The largest absolute Gasteiger partial charge is 0.350 e. The number of hydrogen-bond acceptors (Lipinski definition) is 8. The molecule has 0 saturated heterocycles. The minimum absolute atomic E-state index is 0.0271. The second-order valence-corrected chi connectivity index (χ2v) is 15.2. The summed E-state index contributed by atoms with van der Waals surface area (Å²) in [5.41, 5.74) is 1.74. The summed E-state index contributed by atoms with van der Waals surface area (Å²) in [6, 6.07) is 15.5. The van der Waals surface area contributed by atoms with E-state index in [0.29, 0.717) is 20.3 Å². The third-order valence-electron chi connectivity index (χ3n) is 7.97. The van der Waals surface area contributed by atoms with Gasteiger partial charge in [-0.2, -0.15) is 10.2 Å². The Balaban J connectivity index is 1.14. The molecule has 6 rings (SSSR count). The molecule has 4 heterocycles. The summed E-state index contributed by atoms with van der Waals surface area (Å²) in [5.74, 6) is -1.91. The first kappa shape index (κ1) is 40.8. The summed E-state index contributed by atoms with van der Waals surface area (Å²) in [6.07, 6.45) is 3.02. The average Bonchev–Trinajstić information content (AvgIpc) is 3.74. The first-order valence-electron chi connectivity index (χ1n) is 16.2. The van der Waals surface area contributed by atoms with Gasteiger partial charge in [-0.3, -0.25) is 19.2 Å². The third kappa shape index (κ3) is 9.06. The van der Waals surface area contributed by atoms with Crippen molar-refractivity contribution < 1.29 is 19.2 Å². The van der Waals surface area contributed by atoms with Crippen molar-refractivity contribution in [3.05, 3.63) is 136 Å². The minimum Gasteiger partial charge on any atom is -0.350 e. The van der Waals surface area contributed by atoms with Gasteiger partial charge in [0.1, 0.15) is 20.6 Å². The maximum atomic E-state index is 13.6. The normalized spacial score (nSPS) is 10.9. The maximum absolute atomic E-state index is 13.6. The van der Waals surface area contributed by atoms with Gasteiger partial charge in [0.15, 0.2) is 11.6 Å². The fourth-order valence-electron chi connectivity index (χ4n) is 5.49. The van der Waals surface area contributed by atoms with Gasteiger partial charge >= 0.3 is 0 Å². The molecule has 0 aliphatic heterocycles. The Morgan fingerprint density at radius 3 is 1.38 bits per heavy atom. The Bertz CT molecular complexity index is 2370. The molecule has 4 N–H and O–H groups in total. The van der Waals surface area contributed by atoms with Crippen LogP contribution in [0.4, 0.5) is 11.4 Å². The lowest BCUT2D eigenvalue weighted by atomic mass is 10.1. The Morgan fingerprint density at radius 2 is 1.00 bits per heavy atom. The van der Waals surface area contributed by atoms with Gasteiger partial charge < -0.3 is 21.3 Å². The van der Waals surface area contributed by atoms with Crippen LogP contribution in [0.15, 0.2) is 82.3 Å². The quantitative estimate of drug-likeness (QED) is 0.0938. The van der Waals surface area contributed by atoms with Gasteiger partial charge in [-0.05, 0) is 105 Å². The molecule has 0 fully saturated rings. The fourth-order valence-corrected chi connectivity index (χ4v) is 7.19. The first-order chi connectivity index (χ1) is 26.7. The number of benzene rings is 2. The SMILES string of the molecule is Cc1cc(Cl)cc(C(=O)NCCNC(=O)c2cc(Cl)cc(C)c2NC(=O)c2cc(Br)nn2-c2ncccc2Cl)c1NC(=O)c1cc(Br)nn1-c1ncccc1Cl. The second kappa shape index (κ2) is 17.5. The van der Waals surface area contributed by atoms with Crippen molar-refractivity contribution in [3.63, 3.8) is 0 Å². The lowest BCUT2D eigenvalue weighted by Gasteiger charge is -2.16. The molecule has 20 heteroatoms. The van der Waals surface area contributed by atoms with Crippen LogP contribution in [0.3, 0.4) is 0 Å². The number of rotatable bonds is 11. The van der Waals surface area contributed by atoms with Gasteiger partial charge in [0.25, 0.3) is 23.6 Å². The summed E-state index contributed by atoms with van der Waals surface area (Å²) in [5, 5.41) is 20.7. The summed E-state index contributed by atoms with van der Waals surface area (Å²) in [6.45, 7) is 3.32. The van der Waals surface area contributed by atoms with Crippen molar-refractivity contribution >= 4 is 113 Å². The predicted octanol–water partition coefficient (Wildman–Crippen LogP) is 8.27. The standard InChI is InChI=1S/C36H26Br2Cl4N10O4/c1-17-11-19(39)13-21(29(17)47-35(55)25-15-27(37)49-51(25)31-23(41)5-3-7-43-31)33(53)45-9-10-46-34(54)22-14-20(40)12-18(2)30(22)48-36(56)26-16-28(38)50-52(26)32-24(42)6-4-8-44-32/h3-8,11-16H,9-10H2,1-2H3,(H,45,53)(H,46,54)(H,47,55)(H,48,56). The molecule has 6 aromatic rings. The number of amides is 4. The number of anilines is 2. The molecule has 4 amide bonds. The molecular weight excluding hydrogens is 938 g/mol. The molecule has 0 saturated carbocycles. The Kier molecular flexibility index (Phi) is 12.8. The Hall–Kier alpha value is -4.84. The highest BCUT2D eigenvalue weighted by Crippen LogP contribution is 2.30. The number of nitrogens with one attached hydrogen (secondary N) is 4. The highest BCUT2D eigenvalue weighted by atomic mass is 79.9. The van der Waals surface area contributed by atoms with Crippen LogP contribution in [-0.4, -0.2) is 66.2 Å². The lowest BCUT2D eigenvalue weighted by molar-refractivity contribution is 0.0927.